The number of imidazole rings is 1. The monoisotopic (exact) mass is 305 g/mol. The lowest BCUT2D eigenvalue weighted by molar-refractivity contribution is 0.270. The number of hydrogen-bond acceptors (Lipinski definition) is 4. The predicted octanol–water partition coefficient (Wildman–Crippen LogP) is 3.39. The number of rotatable bonds is 2. The van der Waals surface area contributed by atoms with Crippen molar-refractivity contribution < 1.29 is 9.50 Å². The van der Waals surface area contributed by atoms with Crippen LogP contribution in [0.4, 0.5) is 4.39 Å². The lowest BCUT2D eigenvalue weighted by atomic mass is 9.91. The van der Waals surface area contributed by atoms with E-state index in [1.54, 1.807) is 22.7 Å². The maximum atomic E-state index is 13.8. The fourth-order valence-corrected chi connectivity index (χ4v) is 3.22. The topological polar surface area (TPSA) is 50.4 Å². The quantitative estimate of drug-likeness (QED) is 0.789. The van der Waals surface area contributed by atoms with Crippen molar-refractivity contribution in [3.63, 3.8) is 0 Å². The molecule has 0 saturated heterocycles. The fraction of sp³-hybridized carbons (Fsp3) is 0.333. The van der Waals surface area contributed by atoms with E-state index in [9.17, 15) is 9.50 Å². The van der Waals surface area contributed by atoms with E-state index in [0.717, 1.165) is 5.69 Å². The molecule has 2 heterocycles. The number of aliphatic hydroxyl groups is 1. The van der Waals surface area contributed by atoms with Crippen LogP contribution in [-0.2, 0) is 12.0 Å². The zero-order chi connectivity index (χ0) is 15.2. The summed E-state index contributed by atoms with van der Waals surface area (Å²) in [5, 5.41) is 14.6. The largest absolute Gasteiger partial charge is 0.390 e. The summed E-state index contributed by atoms with van der Waals surface area (Å²) in [5.74, 6) is -0.309. The summed E-state index contributed by atoms with van der Waals surface area (Å²) >= 11 is 1.32. The number of benzene rings is 1. The van der Waals surface area contributed by atoms with E-state index >= 15 is 0 Å². The summed E-state index contributed by atoms with van der Waals surface area (Å²) in [4.78, 5) is 5.24. The molecule has 1 aromatic carbocycles. The van der Waals surface area contributed by atoms with Crippen molar-refractivity contribution in [2.75, 3.05) is 0 Å². The van der Waals surface area contributed by atoms with Crippen LogP contribution in [-0.4, -0.2) is 19.7 Å². The van der Waals surface area contributed by atoms with Gasteiger partial charge in [-0.15, -0.1) is 0 Å². The summed E-state index contributed by atoms with van der Waals surface area (Å²) in [5.41, 5.74) is 1.76. The van der Waals surface area contributed by atoms with Crippen LogP contribution >= 0.6 is 11.3 Å². The van der Waals surface area contributed by atoms with Gasteiger partial charge in [-0.3, -0.25) is 0 Å². The van der Waals surface area contributed by atoms with Crippen molar-refractivity contribution >= 4 is 16.3 Å². The van der Waals surface area contributed by atoms with Gasteiger partial charge in [0.1, 0.15) is 5.82 Å². The van der Waals surface area contributed by atoms with Crippen LogP contribution in [0.3, 0.4) is 0 Å². The van der Waals surface area contributed by atoms with Crippen molar-refractivity contribution in [3.05, 3.63) is 41.5 Å². The van der Waals surface area contributed by atoms with Gasteiger partial charge in [0.25, 0.3) is 0 Å². The van der Waals surface area contributed by atoms with Crippen LogP contribution in [0.5, 0.6) is 0 Å². The normalized spacial score (nSPS) is 12.2. The van der Waals surface area contributed by atoms with Crippen molar-refractivity contribution in [1.29, 1.82) is 0 Å². The van der Waals surface area contributed by atoms with Crippen LogP contribution in [0, 0.1) is 5.82 Å². The summed E-state index contributed by atoms with van der Waals surface area (Å²) in [6.45, 7) is 5.97. The van der Waals surface area contributed by atoms with E-state index < -0.39 is 0 Å². The molecule has 0 fully saturated rings. The van der Waals surface area contributed by atoms with E-state index in [1.807, 2.05) is 20.8 Å². The van der Waals surface area contributed by atoms with Gasteiger partial charge in [-0.2, -0.15) is 5.10 Å². The molecule has 0 spiro atoms. The number of fused-ring (bicyclic) bond motifs is 1. The Hall–Kier alpha value is -1.79. The number of nitrogens with zero attached hydrogens (tertiary/aromatic N) is 3. The second-order valence-corrected chi connectivity index (χ2v) is 6.85. The molecule has 0 radical (unpaired) electrons. The molecule has 4 nitrogen and oxygen atoms in total. The van der Waals surface area contributed by atoms with Gasteiger partial charge in [-0.25, -0.2) is 13.9 Å². The first-order valence-electron chi connectivity index (χ1n) is 6.66. The van der Waals surface area contributed by atoms with E-state index in [0.29, 0.717) is 21.2 Å². The number of halogens is 1. The number of aliphatic hydroxyl groups excluding tert-OH is 1. The minimum Gasteiger partial charge on any atom is -0.390 e. The third-order valence-corrected chi connectivity index (χ3v) is 4.20. The molecular weight excluding hydrogens is 289 g/mol. The van der Waals surface area contributed by atoms with Gasteiger partial charge in [0, 0.05) is 11.0 Å². The van der Waals surface area contributed by atoms with Crippen molar-refractivity contribution in [1.82, 2.24) is 14.6 Å². The molecule has 0 atom stereocenters. The first-order valence-corrected chi connectivity index (χ1v) is 7.48. The fourth-order valence-electron chi connectivity index (χ4n) is 2.28. The van der Waals surface area contributed by atoms with E-state index in [-0.39, 0.29) is 17.8 Å². The molecule has 0 unspecified atom stereocenters. The third kappa shape index (κ3) is 2.34. The minimum absolute atomic E-state index is 0.145. The molecule has 3 rings (SSSR count). The first kappa shape index (κ1) is 14.2. The van der Waals surface area contributed by atoms with Crippen LogP contribution in [0.25, 0.3) is 15.5 Å². The Morgan fingerprint density at radius 3 is 2.62 bits per heavy atom. The maximum Gasteiger partial charge on any atom is 0.213 e. The van der Waals surface area contributed by atoms with Crippen LogP contribution in [0.1, 0.15) is 32.2 Å². The van der Waals surface area contributed by atoms with Crippen molar-refractivity contribution in [2.45, 2.75) is 32.8 Å². The highest BCUT2D eigenvalue weighted by atomic mass is 32.1. The molecule has 2 aromatic heterocycles. The standard InChI is InChI=1S/C15H16FN3OS/c1-15(2,3)12-11(8-20)19-14(17-12)21-13(18-19)9-6-4-5-7-10(9)16/h4-7,20H,8H2,1-3H3. The SMILES string of the molecule is CC(C)(C)c1nc2sc(-c3ccccc3F)nn2c1CO. The Kier molecular flexibility index (Phi) is 3.30. The maximum absolute atomic E-state index is 13.8. The van der Waals surface area contributed by atoms with Crippen LogP contribution in [0.2, 0.25) is 0 Å². The van der Waals surface area contributed by atoms with Gasteiger partial charge < -0.3 is 5.11 Å². The van der Waals surface area contributed by atoms with Crippen LogP contribution in [0.15, 0.2) is 24.3 Å². The smallest absolute Gasteiger partial charge is 0.213 e. The molecule has 0 saturated carbocycles. The summed E-state index contributed by atoms with van der Waals surface area (Å²) in [7, 11) is 0. The molecule has 6 heteroatoms. The molecule has 1 N–H and O–H groups in total. The molecule has 0 aliphatic rings. The van der Waals surface area contributed by atoms with Gasteiger partial charge in [0.05, 0.1) is 18.0 Å². The van der Waals surface area contributed by atoms with Crippen molar-refractivity contribution in [3.8, 4) is 10.6 Å². The van der Waals surface area contributed by atoms with Crippen LogP contribution < -0.4 is 0 Å². The Balaban J connectivity index is 2.19. The molecular formula is C15H16FN3OS. The van der Waals surface area contributed by atoms with Gasteiger partial charge in [-0.1, -0.05) is 44.2 Å². The lowest BCUT2D eigenvalue weighted by Gasteiger charge is -2.16. The molecule has 0 aliphatic carbocycles. The molecule has 0 amide bonds. The Bertz CT molecular complexity index is 801. The molecule has 0 aliphatic heterocycles. The molecule has 0 bridgehead atoms. The molecule has 110 valence electrons. The lowest BCUT2D eigenvalue weighted by Crippen LogP contribution is -2.15. The molecule has 21 heavy (non-hydrogen) atoms. The number of hydrogen-bond donors (Lipinski definition) is 1. The highest BCUT2D eigenvalue weighted by Crippen LogP contribution is 2.32. The van der Waals surface area contributed by atoms with E-state index in [1.165, 1.54) is 17.4 Å². The third-order valence-electron chi connectivity index (χ3n) is 3.26. The second kappa shape index (κ2) is 4.89. The summed E-state index contributed by atoms with van der Waals surface area (Å²) in [6, 6.07) is 6.52. The Morgan fingerprint density at radius 2 is 2.00 bits per heavy atom. The Morgan fingerprint density at radius 1 is 1.29 bits per heavy atom. The van der Waals surface area contributed by atoms with Gasteiger partial charge in [-0.05, 0) is 12.1 Å². The number of aromatic nitrogens is 3. The average Bonchev–Trinajstić information content (AvgIpc) is 2.95. The van der Waals surface area contributed by atoms with Gasteiger partial charge >= 0.3 is 0 Å². The van der Waals surface area contributed by atoms with Gasteiger partial charge in [0.15, 0.2) is 5.01 Å². The highest BCUT2D eigenvalue weighted by molar-refractivity contribution is 7.19. The second-order valence-electron chi connectivity index (χ2n) is 5.90. The first-order chi connectivity index (χ1) is 9.91. The highest BCUT2D eigenvalue weighted by Gasteiger charge is 2.25. The minimum atomic E-state index is -0.309. The van der Waals surface area contributed by atoms with E-state index in [2.05, 4.69) is 10.1 Å². The van der Waals surface area contributed by atoms with Crippen molar-refractivity contribution in [2.24, 2.45) is 0 Å². The average molecular weight is 305 g/mol. The molecule has 3 aromatic rings. The van der Waals surface area contributed by atoms with Gasteiger partial charge in [0.2, 0.25) is 4.96 Å². The Labute approximate surface area is 125 Å². The zero-order valence-corrected chi connectivity index (χ0v) is 12.9. The predicted molar refractivity (Wildman–Crippen MR) is 80.9 cm³/mol. The zero-order valence-electron chi connectivity index (χ0n) is 12.1. The van der Waals surface area contributed by atoms with E-state index in [4.69, 9.17) is 0 Å². The summed E-state index contributed by atoms with van der Waals surface area (Å²) < 4.78 is 15.5. The summed E-state index contributed by atoms with van der Waals surface area (Å²) in [6.07, 6.45) is 0.